The third-order valence-corrected chi connectivity index (χ3v) is 4.92. The van der Waals surface area contributed by atoms with Gasteiger partial charge in [0.15, 0.2) is 5.13 Å². The zero-order valence-corrected chi connectivity index (χ0v) is 17.0. The van der Waals surface area contributed by atoms with Crippen molar-refractivity contribution in [3.8, 4) is 11.5 Å². The van der Waals surface area contributed by atoms with Gasteiger partial charge in [-0.1, -0.05) is 11.3 Å². The van der Waals surface area contributed by atoms with Crippen molar-refractivity contribution in [3.63, 3.8) is 0 Å². The first kappa shape index (κ1) is 20.3. The van der Waals surface area contributed by atoms with Crippen LogP contribution in [0.1, 0.15) is 22.8 Å². The number of ether oxygens (including phenoxy) is 3. The van der Waals surface area contributed by atoms with Crippen molar-refractivity contribution in [1.29, 1.82) is 0 Å². The Labute approximate surface area is 171 Å². The molecule has 7 nitrogen and oxygen atoms in total. The first-order valence-corrected chi connectivity index (χ1v) is 9.64. The monoisotopic (exact) mass is 412 g/mol. The number of aromatic nitrogens is 1. The van der Waals surface area contributed by atoms with Crippen LogP contribution in [-0.2, 0) is 9.53 Å². The fourth-order valence-corrected chi connectivity index (χ4v) is 3.50. The molecule has 0 radical (unpaired) electrons. The van der Waals surface area contributed by atoms with E-state index >= 15 is 0 Å². The summed E-state index contributed by atoms with van der Waals surface area (Å²) in [4.78, 5) is 28.5. The number of esters is 1. The number of thiazole rings is 1. The molecule has 1 heterocycles. The molecule has 3 aromatic rings. The van der Waals surface area contributed by atoms with Gasteiger partial charge in [-0.3, -0.25) is 10.1 Å². The molecule has 0 spiro atoms. The van der Waals surface area contributed by atoms with Crippen LogP contribution in [0.25, 0.3) is 16.3 Å². The molecule has 0 atom stereocenters. The van der Waals surface area contributed by atoms with Crippen molar-refractivity contribution in [1.82, 2.24) is 4.98 Å². The van der Waals surface area contributed by atoms with Crippen LogP contribution in [0.3, 0.4) is 0 Å². The van der Waals surface area contributed by atoms with E-state index in [-0.39, 0.29) is 11.9 Å². The average molecular weight is 412 g/mol. The topological polar surface area (TPSA) is 86.8 Å². The van der Waals surface area contributed by atoms with Crippen molar-refractivity contribution in [2.75, 3.05) is 26.1 Å². The van der Waals surface area contributed by atoms with Crippen LogP contribution < -0.4 is 14.8 Å². The molecule has 1 amide bonds. The van der Waals surface area contributed by atoms with Crippen molar-refractivity contribution in [3.05, 3.63) is 53.6 Å². The summed E-state index contributed by atoms with van der Waals surface area (Å²) >= 11 is 1.28. The molecule has 1 N–H and O–H groups in total. The van der Waals surface area contributed by atoms with E-state index in [4.69, 9.17) is 14.2 Å². The Morgan fingerprint density at radius 1 is 1.14 bits per heavy atom. The molecule has 150 valence electrons. The zero-order valence-electron chi connectivity index (χ0n) is 16.2. The van der Waals surface area contributed by atoms with Crippen molar-refractivity contribution in [2.45, 2.75) is 6.92 Å². The first-order chi connectivity index (χ1) is 14.0. The molecule has 0 bridgehead atoms. The Balaban J connectivity index is 1.73. The van der Waals surface area contributed by atoms with Gasteiger partial charge in [-0.25, -0.2) is 9.78 Å². The molecule has 0 saturated heterocycles. The molecule has 0 aliphatic rings. The molecular weight excluding hydrogens is 392 g/mol. The van der Waals surface area contributed by atoms with Crippen LogP contribution in [-0.4, -0.2) is 37.7 Å². The summed E-state index contributed by atoms with van der Waals surface area (Å²) < 4.78 is 16.3. The normalized spacial score (nSPS) is 10.9. The smallest absolute Gasteiger partial charge is 0.338 e. The van der Waals surface area contributed by atoms with Gasteiger partial charge in [0.1, 0.15) is 11.5 Å². The Kier molecular flexibility index (Phi) is 6.46. The summed E-state index contributed by atoms with van der Waals surface area (Å²) in [5, 5.41) is 3.18. The first-order valence-electron chi connectivity index (χ1n) is 8.83. The van der Waals surface area contributed by atoms with E-state index in [2.05, 4.69) is 10.3 Å². The molecule has 2 aromatic carbocycles. The number of methoxy groups -OCH3 is 2. The standard InChI is InChI=1S/C21H20N2O5S/c1-4-28-20(25)14-6-9-16-18(11-14)29-21(22-16)23-19(24)10-7-13-5-8-15(26-2)12-17(13)27-3/h5-12H,4H2,1-3H3,(H,22,23,24)/b10-7+. The summed E-state index contributed by atoms with van der Waals surface area (Å²) in [6, 6.07) is 10.4. The number of rotatable bonds is 7. The highest BCUT2D eigenvalue weighted by molar-refractivity contribution is 7.22. The number of amides is 1. The van der Waals surface area contributed by atoms with Gasteiger partial charge in [0.25, 0.3) is 0 Å². The van der Waals surface area contributed by atoms with E-state index in [1.807, 2.05) is 0 Å². The predicted octanol–water partition coefficient (Wildman–Crippen LogP) is 4.14. The predicted molar refractivity (Wildman–Crippen MR) is 113 cm³/mol. The van der Waals surface area contributed by atoms with Crippen LogP contribution in [0.15, 0.2) is 42.5 Å². The van der Waals surface area contributed by atoms with Crippen molar-refractivity contribution >= 4 is 44.6 Å². The van der Waals surface area contributed by atoms with Gasteiger partial charge in [-0.2, -0.15) is 0 Å². The molecule has 1 aromatic heterocycles. The van der Waals surface area contributed by atoms with Crippen LogP contribution in [0.5, 0.6) is 11.5 Å². The van der Waals surface area contributed by atoms with Gasteiger partial charge in [0.2, 0.25) is 5.91 Å². The second-order valence-electron chi connectivity index (χ2n) is 5.85. The second kappa shape index (κ2) is 9.20. The molecule has 0 aliphatic heterocycles. The Bertz CT molecular complexity index is 1070. The fourth-order valence-electron chi connectivity index (χ4n) is 2.59. The van der Waals surface area contributed by atoms with Crippen LogP contribution in [0.2, 0.25) is 0 Å². The van der Waals surface area contributed by atoms with Gasteiger partial charge < -0.3 is 14.2 Å². The largest absolute Gasteiger partial charge is 0.497 e. The molecule has 3 rings (SSSR count). The number of hydrogen-bond donors (Lipinski definition) is 1. The quantitative estimate of drug-likeness (QED) is 0.464. The summed E-state index contributed by atoms with van der Waals surface area (Å²) in [6.45, 7) is 2.07. The summed E-state index contributed by atoms with van der Waals surface area (Å²) in [5.41, 5.74) is 1.89. The van der Waals surface area contributed by atoms with Crippen molar-refractivity contribution in [2.24, 2.45) is 0 Å². The lowest BCUT2D eigenvalue weighted by Gasteiger charge is -2.07. The third-order valence-electron chi connectivity index (χ3n) is 3.98. The van der Waals surface area contributed by atoms with E-state index in [1.54, 1.807) is 63.6 Å². The molecule has 0 saturated carbocycles. The minimum absolute atomic E-state index is 0.312. The molecule has 29 heavy (non-hydrogen) atoms. The van der Waals surface area contributed by atoms with E-state index in [0.29, 0.717) is 34.3 Å². The van der Waals surface area contributed by atoms with Gasteiger partial charge in [-0.15, -0.1) is 0 Å². The Morgan fingerprint density at radius 2 is 1.97 bits per heavy atom. The molecule has 0 unspecified atom stereocenters. The summed E-state index contributed by atoms with van der Waals surface area (Å²) in [5.74, 6) is 0.553. The average Bonchev–Trinajstić information content (AvgIpc) is 3.13. The second-order valence-corrected chi connectivity index (χ2v) is 6.88. The lowest BCUT2D eigenvalue weighted by molar-refractivity contribution is -0.111. The fraction of sp³-hybridized carbons (Fsp3) is 0.190. The van der Waals surface area contributed by atoms with Gasteiger partial charge in [-0.05, 0) is 43.3 Å². The minimum atomic E-state index is -0.384. The highest BCUT2D eigenvalue weighted by Crippen LogP contribution is 2.28. The minimum Gasteiger partial charge on any atom is -0.497 e. The number of hydrogen-bond acceptors (Lipinski definition) is 7. The van der Waals surface area contributed by atoms with E-state index < -0.39 is 0 Å². The van der Waals surface area contributed by atoms with Crippen LogP contribution in [0, 0.1) is 0 Å². The number of fused-ring (bicyclic) bond motifs is 1. The van der Waals surface area contributed by atoms with Crippen LogP contribution >= 0.6 is 11.3 Å². The summed E-state index contributed by atoms with van der Waals surface area (Å²) in [6.07, 6.45) is 3.06. The zero-order chi connectivity index (χ0) is 20.8. The lowest BCUT2D eigenvalue weighted by atomic mass is 10.1. The van der Waals surface area contributed by atoms with E-state index in [0.717, 1.165) is 10.3 Å². The number of benzene rings is 2. The van der Waals surface area contributed by atoms with E-state index in [9.17, 15) is 9.59 Å². The lowest BCUT2D eigenvalue weighted by Crippen LogP contribution is -2.07. The number of carbonyl (C=O) groups excluding carboxylic acids is 2. The highest BCUT2D eigenvalue weighted by atomic mass is 32.1. The number of nitrogens with zero attached hydrogens (tertiary/aromatic N) is 1. The maximum absolute atomic E-state index is 12.3. The van der Waals surface area contributed by atoms with Gasteiger partial charge in [0, 0.05) is 17.7 Å². The highest BCUT2D eigenvalue weighted by Gasteiger charge is 2.11. The summed E-state index contributed by atoms with van der Waals surface area (Å²) in [7, 11) is 3.13. The van der Waals surface area contributed by atoms with Gasteiger partial charge in [0.05, 0.1) is 36.6 Å². The maximum Gasteiger partial charge on any atom is 0.338 e. The van der Waals surface area contributed by atoms with Crippen LogP contribution in [0.4, 0.5) is 5.13 Å². The SMILES string of the molecule is CCOC(=O)c1ccc2nc(NC(=O)/C=C/c3ccc(OC)cc3OC)sc2c1. The molecule has 0 aliphatic carbocycles. The van der Waals surface area contributed by atoms with Gasteiger partial charge >= 0.3 is 5.97 Å². The number of carbonyl (C=O) groups is 2. The molecule has 8 heteroatoms. The number of nitrogens with one attached hydrogen (secondary N) is 1. The maximum atomic E-state index is 12.3. The Morgan fingerprint density at radius 3 is 2.69 bits per heavy atom. The number of anilines is 1. The molecular formula is C21H20N2O5S. The van der Waals surface area contributed by atoms with Crippen molar-refractivity contribution < 1.29 is 23.8 Å². The molecule has 0 fully saturated rings. The Hall–Kier alpha value is -3.39. The van der Waals surface area contributed by atoms with E-state index in [1.165, 1.54) is 17.4 Å². The third kappa shape index (κ3) is 4.91.